The van der Waals surface area contributed by atoms with Gasteiger partial charge in [-0.3, -0.25) is 0 Å². The summed E-state index contributed by atoms with van der Waals surface area (Å²) in [6, 6.07) is 4.08. The van der Waals surface area contributed by atoms with E-state index in [1.165, 1.54) is 0 Å². The molecule has 0 spiro atoms. The fourth-order valence-corrected chi connectivity index (χ4v) is 2.81. The van der Waals surface area contributed by atoms with Crippen LogP contribution in [0.3, 0.4) is 0 Å². The molecule has 0 heterocycles. The van der Waals surface area contributed by atoms with Crippen molar-refractivity contribution >= 4 is 28.9 Å². The van der Waals surface area contributed by atoms with E-state index in [2.05, 4.69) is 19.0 Å². The van der Waals surface area contributed by atoms with Crippen molar-refractivity contribution < 1.29 is 14.3 Å². The lowest BCUT2D eigenvalue weighted by atomic mass is 10.0. The third-order valence-electron chi connectivity index (χ3n) is 4.09. The second kappa shape index (κ2) is 14.6. The normalized spacial score (nSPS) is 10.4. The smallest absolute Gasteiger partial charge is 0.125 e. The Morgan fingerprint density at radius 3 is 2.07 bits per heavy atom. The Balaban J connectivity index is 2.48. The highest BCUT2D eigenvalue weighted by Crippen LogP contribution is 2.31. The monoisotopic (exact) mass is 429 g/mol. The molecule has 0 aliphatic carbocycles. The molecule has 0 aromatic heterocycles. The molecule has 6 heteroatoms. The summed E-state index contributed by atoms with van der Waals surface area (Å²) < 4.78 is 12.1. The number of benzene rings is 1. The summed E-state index contributed by atoms with van der Waals surface area (Å²) in [6.07, 6.45) is 7.69. The Morgan fingerprint density at radius 2 is 1.54 bits per heavy atom. The number of rotatable bonds is 14. The molecule has 0 aliphatic rings. The number of unbranched alkanes of at least 4 members (excludes halogenated alkanes) is 3. The van der Waals surface area contributed by atoms with Crippen LogP contribution in [-0.2, 0) is 17.7 Å². The first-order chi connectivity index (χ1) is 13.5. The molecule has 0 atom stereocenters. The topological polar surface area (TPSA) is 40.0 Å². The fourth-order valence-electron chi connectivity index (χ4n) is 2.69. The second-order valence-electron chi connectivity index (χ2n) is 6.72. The summed E-state index contributed by atoms with van der Waals surface area (Å²) >= 11 is 11.3. The SMILES string of the molecule is CCc1cc(OCC=C(Cl)Cl)cc(CC)c1OCCCCCCON=C(C)C. The van der Waals surface area contributed by atoms with Crippen molar-refractivity contribution in [1.82, 2.24) is 0 Å². The molecule has 0 bridgehead atoms. The summed E-state index contributed by atoms with van der Waals surface area (Å²) in [4.78, 5) is 5.21. The van der Waals surface area contributed by atoms with E-state index in [-0.39, 0.29) is 4.49 Å². The highest BCUT2D eigenvalue weighted by atomic mass is 35.5. The van der Waals surface area contributed by atoms with Gasteiger partial charge in [0.1, 0.15) is 29.2 Å². The van der Waals surface area contributed by atoms with Gasteiger partial charge < -0.3 is 14.3 Å². The lowest BCUT2D eigenvalue weighted by molar-refractivity contribution is 0.139. The molecule has 0 radical (unpaired) electrons. The number of oxime groups is 1. The van der Waals surface area contributed by atoms with Crippen LogP contribution in [-0.4, -0.2) is 25.5 Å². The highest BCUT2D eigenvalue weighted by Gasteiger charge is 2.11. The Kier molecular flexibility index (Phi) is 12.8. The van der Waals surface area contributed by atoms with Crippen molar-refractivity contribution in [3.8, 4) is 11.5 Å². The molecule has 0 amide bonds. The third kappa shape index (κ3) is 10.2. The summed E-state index contributed by atoms with van der Waals surface area (Å²) in [5, 5.41) is 3.94. The van der Waals surface area contributed by atoms with E-state index in [0.717, 1.165) is 73.5 Å². The Hall–Kier alpha value is -1.39. The van der Waals surface area contributed by atoms with Gasteiger partial charge in [0, 0.05) is 0 Å². The molecule has 0 N–H and O–H groups in total. The average molecular weight is 430 g/mol. The van der Waals surface area contributed by atoms with E-state index in [0.29, 0.717) is 13.2 Å². The van der Waals surface area contributed by atoms with E-state index in [1.807, 2.05) is 26.0 Å². The summed E-state index contributed by atoms with van der Waals surface area (Å²) in [7, 11) is 0. The van der Waals surface area contributed by atoms with Crippen LogP contribution < -0.4 is 9.47 Å². The van der Waals surface area contributed by atoms with E-state index >= 15 is 0 Å². The van der Waals surface area contributed by atoms with Crippen LogP contribution in [0.25, 0.3) is 0 Å². The Labute approximate surface area is 179 Å². The Bertz CT molecular complexity index is 612. The van der Waals surface area contributed by atoms with Crippen molar-refractivity contribution in [2.45, 2.75) is 66.2 Å². The first kappa shape index (κ1) is 24.6. The van der Waals surface area contributed by atoms with Crippen molar-refractivity contribution in [2.75, 3.05) is 19.8 Å². The number of aryl methyl sites for hydroxylation is 2. The van der Waals surface area contributed by atoms with Gasteiger partial charge >= 0.3 is 0 Å². The van der Waals surface area contributed by atoms with Crippen LogP contribution in [0, 0.1) is 0 Å². The van der Waals surface area contributed by atoms with Crippen LogP contribution in [0.1, 0.15) is 64.5 Å². The predicted molar refractivity (Wildman–Crippen MR) is 119 cm³/mol. The average Bonchev–Trinajstić information content (AvgIpc) is 2.66. The number of hydrogen-bond donors (Lipinski definition) is 0. The molecule has 158 valence electrons. The largest absolute Gasteiger partial charge is 0.493 e. The quantitative estimate of drug-likeness (QED) is 0.184. The molecule has 0 unspecified atom stereocenters. The van der Waals surface area contributed by atoms with E-state index in [9.17, 15) is 0 Å². The molecule has 0 saturated carbocycles. The number of hydrogen-bond acceptors (Lipinski definition) is 4. The van der Waals surface area contributed by atoms with Gasteiger partial charge in [0.2, 0.25) is 0 Å². The van der Waals surface area contributed by atoms with Gasteiger partial charge in [-0.25, -0.2) is 0 Å². The summed E-state index contributed by atoms with van der Waals surface area (Å²) in [5.74, 6) is 1.82. The standard InChI is InChI=1S/C22H33Cl2NO3/c1-5-18-15-20(26-14-11-21(23)24)16-19(6-2)22(18)27-12-9-7-8-10-13-28-25-17(3)4/h11,15-16H,5-10,12-14H2,1-4H3. The van der Waals surface area contributed by atoms with Gasteiger partial charge in [0.15, 0.2) is 0 Å². The second-order valence-corrected chi connectivity index (χ2v) is 7.72. The number of nitrogens with zero attached hydrogens (tertiary/aromatic N) is 1. The molecule has 1 aromatic carbocycles. The first-order valence-corrected chi connectivity index (χ1v) is 10.8. The number of ether oxygens (including phenoxy) is 2. The lowest BCUT2D eigenvalue weighted by Crippen LogP contribution is -2.05. The molecule has 1 rings (SSSR count). The van der Waals surface area contributed by atoms with Crippen LogP contribution in [0.15, 0.2) is 27.9 Å². The van der Waals surface area contributed by atoms with Gasteiger partial charge in [-0.2, -0.15) is 0 Å². The zero-order chi connectivity index (χ0) is 20.8. The van der Waals surface area contributed by atoms with Gasteiger partial charge in [0.05, 0.1) is 12.3 Å². The minimum Gasteiger partial charge on any atom is -0.493 e. The van der Waals surface area contributed by atoms with Gasteiger partial charge in [0.25, 0.3) is 0 Å². The molecule has 1 aromatic rings. The maximum Gasteiger partial charge on any atom is 0.125 e. The van der Waals surface area contributed by atoms with Crippen molar-refractivity contribution in [3.63, 3.8) is 0 Å². The van der Waals surface area contributed by atoms with Crippen molar-refractivity contribution in [1.29, 1.82) is 0 Å². The predicted octanol–water partition coefficient (Wildman–Crippen LogP) is 6.86. The van der Waals surface area contributed by atoms with Crippen LogP contribution in [0.4, 0.5) is 0 Å². The number of halogens is 2. The maximum atomic E-state index is 6.14. The minimum absolute atomic E-state index is 0.214. The van der Waals surface area contributed by atoms with Crippen LogP contribution >= 0.6 is 23.2 Å². The molecule has 28 heavy (non-hydrogen) atoms. The molecular formula is C22H33Cl2NO3. The molecule has 0 aliphatic heterocycles. The van der Waals surface area contributed by atoms with Crippen molar-refractivity contribution in [2.24, 2.45) is 5.16 Å². The molecule has 4 nitrogen and oxygen atoms in total. The highest BCUT2D eigenvalue weighted by molar-refractivity contribution is 6.55. The van der Waals surface area contributed by atoms with E-state index < -0.39 is 0 Å². The van der Waals surface area contributed by atoms with Crippen LogP contribution in [0.5, 0.6) is 11.5 Å². The van der Waals surface area contributed by atoms with Crippen LogP contribution in [0.2, 0.25) is 0 Å². The summed E-state index contributed by atoms with van der Waals surface area (Å²) in [5.41, 5.74) is 3.27. The molecule has 0 saturated heterocycles. The zero-order valence-corrected chi connectivity index (χ0v) is 19.0. The van der Waals surface area contributed by atoms with Gasteiger partial charge in [-0.15, -0.1) is 0 Å². The van der Waals surface area contributed by atoms with Gasteiger partial charge in [-0.05, 0) is 81.7 Å². The Morgan fingerprint density at radius 1 is 0.929 bits per heavy atom. The van der Waals surface area contributed by atoms with E-state index in [4.69, 9.17) is 37.5 Å². The minimum atomic E-state index is 0.214. The zero-order valence-electron chi connectivity index (χ0n) is 17.5. The third-order valence-corrected chi connectivity index (χ3v) is 4.40. The molecule has 0 fully saturated rings. The lowest BCUT2D eigenvalue weighted by Gasteiger charge is -2.17. The first-order valence-electron chi connectivity index (χ1n) is 10.0. The van der Waals surface area contributed by atoms with Crippen molar-refractivity contribution in [3.05, 3.63) is 33.8 Å². The maximum absolute atomic E-state index is 6.14. The fraction of sp³-hybridized carbons (Fsp3) is 0.591. The summed E-state index contributed by atoms with van der Waals surface area (Å²) in [6.45, 7) is 9.86. The molecular weight excluding hydrogens is 397 g/mol. The van der Waals surface area contributed by atoms with E-state index in [1.54, 1.807) is 6.08 Å². The van der Waals surface area contributed by atoms with Gasteiger partial charge in [-0.1, -0.05) is 42.2 Å².